The van der Waals surface area contributed by atoms with Crippen LogP contribution in [0.2, 0.25) is 0 Å². The van der Waals surface area contributed by atoms with E-state index in [2.05, 4.69) is 29.3 Å². The summed E-state index contributed by atoms with van der Waals surface area (Å²) in [5.41, 5.74) is 1.27. The van der Waals surface area contributed by atoms with Crippen molar-refractivity contribution in [1.29, 1.82) is 0 Å². The Hall–Kier alpha value is -1.26. The second-order valence-electron chi connectivity index (χ2n) is 5.31. The predicted octanol–water partition coefficient (Wildman–Crippen LogP) is 2.28. The first kappa shape index (κ1) is 15.1. The minimum absolute atomic E-state index is 0.648. The summed E-state index contributed by atoms with van der Waals surface area (Å²) in [5.74, 6) is 1.59. The van der Waals surface area contributed by atoms with Gasteiger partial charge >= 0.3 is 0 Å². The zero-order chi connectivity index (χ0) is 14.4. The second kappa shape index (κ2) is 7.50. The Morgan fingerprint density at radius 3 is 2.65 bits per heavy atom. The Labute approximate surface area is 122 Å². The average molecular weight is 278 g/mol. The molecule has 1 aromatic carbocycles. The van der Waals surface area contributed by atoms with Crippen LogP contribution in [0.5, 0.6) is 11.5 Å². The summed E-state index contributed by atoms with van der Waals surface area (Å²) in [7, 11) is 3.35. The molecule has 1 atom stereocenters. The molecule has 0 bridgehead atoms. The van der Waals surface area contributed by atoms with E-state index in [-0.39, 0.29) is 0 Å². The molecule has 20 heavy (non-hydrogen) atoms. The fourth-order valence-corrected chi connectivity index (χ4v) is 2.77. The molecule has 1 unspecified atom stereocenters. The van der Waals surface area contributed by atoms with Gasteiger partial charge in [0.2, 0.25) is 0 Å². The van der Waals surface area contributed by atoms with Gasteiger partial charge in [-0.2, -0.15) is 0 Å². The van der Waals surface area contributed by atoms with Gasteiger partial charge in [0.25, 0.3) is 0 Å². The first-order valence-corrected chi connectivity index (χ1v) is 7.43. The van der Waals surface area contributed by atoms with Crippen molar-refractivity contribution in [2.24, 2.45) is 0 Å². The lowest BCUT2D eigenvalue weighted by Crippen LogP contribution is -2.37. The second-order valence-corrected chi connectivity index (χ2v) is 5.31. The summed E-state index contributed by atoms with van der Waals surface area (Å²) in [6, 6.07) is 6.82. The Bertz CT molecular complexity index is 417. The molecular formula is C16H26N2O2. The van der Waals surface area contributed by atoms with Gasteiger partial charge in [-0.05, 0) is 43.6 Å². The Balaban J connectivity index is 1.99. The van der Waals surface area contributed by atoms with Crippen molar-refractivity contribution < 1.29 is 9.47 Å². The summed E-state index contributed by atoms with van der Waals surface area (Å²) < 4.78 is 10.7. The zero-order valence-electron chi connectivity index (χ0n) is 12.8. The predicted molar refractivity (Wildman–Crippen MR) is 81.5 cm³/mol. The molecule has 1 aromatic rings. The van der Waals surface area contributed by atoms with E-state index in [1.54, 1.807) is 14.2 Å². The molecule has 0 radical (unpaired) electrons. The number of likely N-dealkylation sites (N-methyl/N-ethyl adjacent to an activating group) is 1. The quantitative estimate of drug-likeness (QED) is 0.829. The summed E-state index contributed by atoms with van der Waals surface area (Å²) in [4.78, 5) is 2.48. The maximum Gasteiger partial charge on any atom is 0.161 e. The van der Waals surface area contributed by atoms with E-state index in [1.807, 2.05) is 6.07 Å². The van der Waals surface area contributed by atoms with Crippen LogP contribution in [-0.2, 0) is 6.54 Å². The molecule has 1 heterocycles. The van der Waals surface area contributed by atoms with Crippen LogP contribution in [0.25, 0.3) is 0 Å². The summed E-state index contributed by atoms with van der Waals surface area (Å²) in [5, 5.41) is 3.56. The highest BCUT2D eigenvalue weighted by Gasteiger charge is 2.17. The molecule has 2 rings (SSSR count). The summed E-state index contributed by atoms with van der Waals surface area (Å²) >= 11 is 0. The van der Waals surface area contributed by atoms with E-state index in [0.717, 1.165) is 31.1 Å². The van der Waals surface area contributed by atoms with Gasteiger partial charge in [-0.25, -0.2) is 0 Å². The topological polar surface area (TPSA) is 33.7 Å². The van der Waals surface area contributed by atoms with E-state index in [9.17, 15) is 0 Å². The SMILES string of the molecule is CCN(Cc1ccc(OC)c(OC)c1)CC1CCCN1. The Morgan fingerprint density at radius 2 is 2.05 bits per heavy atom. The first-order chi connectivity index (χ1) is 9.76. The number of hydrogen-bond acceptors (Lipinski definition) is 4. The van der Waals surface area contributed by atoms with Crippen molar-refractivity contribution in [3.05, 3.63) is 23.8 Å². The van der Waals surface area contributed by atoms with Crippen molar-refractivity contribution in [2.75, 3.05) is 33.9 Å². The van der Waals surface area contributed by atoms with Crippen LogP contribution in [-0.4, -0.2) is 44.8 Å². The molecular weight excluding hydrogens is 252 g/mol. The average Bonchev–Trinajstić information content (AvgIpc) is 2.99. The lowest BCUT2D eigenvalue weighted by Gasteiger charge is -2.24. The molecule has 0 aromatic heterocycles. The largest absolute Gasteiger partial charge is 0.493 e. The van der Waals surface area contributed by atoms with E-state index in [1.165, 1.54) is 24.9 Å². The summed E-state index contributed by atoms with van der Waals surface area (Å²) in [6.45, 7) is 6.51. The molecule has 1 fully saturated rings. The van der Waals surface area contributed by atoms with Gasteiger partial charge in [-0.15, -0.1) is 0 Å². The fourth-order valence-electron chi connectivity index (χ4n) is 2.77. The lowest BCUT2D eigenvalue weighted by atomic mass is 10.1. The lowest BCUT2D eigenvalue weighted by molar-refractivity contribution is 0.253. The van der Waals surface area contributed by atoms with Crippen LogP contribution in [0.3, 0.4) is 0 Å². The molecule has 0 spiro atoms. The highest BCUT2D eigenvalue weighted by molar-refractivity contribution is 5.42. The molecule has 1 saturated heterocycles. The van der Waals surface area contributed by atoms with Crippen molar-refractivity contribution in [3.63, 3.8) is 0 Å². The van der Waals surface area contributed by atoms with Crippen LogP contribution in [0.1, 0.15) is 25.3 Å². The maximum atomic E-state index is 5.37. The van der Waals surface area contributed by atoms with Crippen LogP contribution in [0.4, 0.5) is 0 Å². The van der Waals surface area contributed by atoms with Crippen molar-refractivity contribution >= 4 is 0 Å². The fraction of sp³-hybridized carbons (Fsp3) is 0.625. The van der Waals surface area contributed by atoms with Crippen molar-refractivity contribution in [2.45, 2.75) is 32.4 Å². The molecule has 1 aliphatic rings. The highest BCUT2D eigenvalue weighted by atomic mass is 16.5. The number of benzene rings is 1. The number of hydrogen-bond donors (Lipinski definition) is 1. The number of nitrogens with one attached hydrogen (secondary N) is 1. The van der Waals surface area contributed by atoms with Gasteiger partial charge in [0, 0.05) is 19.1 Å². The number of nitrogens with zero attached hydrogens (tertiary/aromatic N) is 1. The first-order valence-electron chi connectivity index (χ1n) is 7.43. The number of rotatable bonds is 7. The normalized spacial score (nSPS) is 18.5. The van der Waals surface area contributed by atoms with Gasteiger partial charge in [-0.3, -0.25) is 4.90 Å². The van der Waals surface area contributed by atoms with Crippen LogP contribution < -0.4 is 14.8 Å². The van der Waals surface area contributed by atoms with E-state index < -0.39 is 0 Å². The molecule has 0 amide bonds. The molecule has 1 aliphatic heterocycles. The molecule has 4 nitrogen and oxygen atoms in total. The monoisotopic (exact) mass is 278 g/mol. The molecule has 0 aliphatic carbocycles. The Kier molecular flexibility index (Phi) is 5.68. The zero-order valence-corrected chi connectivity index (χ0v) is 12.8. The van der Waals surface area contributed by atoms with Gasteiger partial charge < -0.3 is 14.8 Å². The minimum Gasteiger partial charge on any atom is -0.493 e. The minimum atomic E-state index is 0.648. The van der Waals surface area contributed by atoms with Gasteiger partial charge in [0.15, 0.2) is 11.5 Å². The van der Waals surface area contributed by atoms with E-state index in [0.29, 0.717) is 6.04 Å². The standard InChI is InChI=1S/C16H26N2O2/c1-4-18(12-14-6-5-9-17-14)11-13-7-8-15(19-2)16(10-13)20-3/h7-8,10,14,17H,4-6,9,11-12H2,1-3H3. The third-order valence-electron chi connectivity index (χ3n) is 3.94. The Morgan fingerprint density at radius 1 is 1.25 bits per heavy atom. The third kappa shape index (κ3) is 3.87. The van der Waals surface area contributed by atoms with Gasteiger partial charge in [-0.1, -0.05) is 13.0 Å². The van der Waals surface area contributed by atoms with Gasteiger partial charge in [0.05, 0.1) is 14.2 Å². The third-order valence-corrected chi connectivity index (χ3v) is 3.94. The molecule has 0 saturated carbocycles. The van der Waals surface area contributed by atoms with Crippen LogP contribution in [0, 0.1) is 0 Å². The van der Waals surface area contributed by atoms with Crippen LogP contribution >= 0.6 is 0 Å². The molecule has 112 valence electrons. The van der Waals surface area contributed by atoms with E-state index >= 15 is 0 Å². The highest BCUT2D eigenvalue weighted by Crippen LogP contribution is 2.28. The summed E-state index contributed by atoms with van der Waals surface area (Å²) in [6.07, 6.45) is 2.60. The number of methoxy groups -OCH3 is 2. The van der Waals surface area contributed by atoms with Crippen LogP contribution in [0.15, 0.2) is 18.2 Å². The van der Waals surface area contributed by atoms with Crippen molar-refractivity contribution in [1.82, 2.24) is 10.2 Å². The maximum absolute atomic E-state index is 5.37. The molecule has 1 N–H and O–H groups in total. The smallest absolute Gasteiger partial charge is 0.161 e. The van der Waals surface area contributed by atoms with Gasteiger partial charge in [0.1, 0.15) is 0 Å². The molecule has 4 heteroatoms. The number of ether oxygens (including phenoxy) is 2. The van der Waals surface area contributed by atoms with E-state index in [4.69, 9.17) is 9.47 Å². The van der Waals surface area contributed by atoms with Crippen molar-refractivity contribution in [3.8, 4) is 11.5 Å².